The van der Waals surface area contributed by atoms with Crippen LogP contribution >= 0.6 is 23.1 Å². The zero-order valence-electron chi connectivity index (χ0n) is 19.8. The molecular weight excluding hydrogens is 516 g/mol. The summed E-state index contributed by atoms with van der Waals surface area (Å²) in [6.45, 7) is 1.62. The van der Waals surface area contributed by atoms with Crippen molar-refractivity contribution < 1.29 is 33.4 Å². The Morgan fingerprint density at radius 2 is 1.76 bits per heavy atom. The molecule has 2 heterocycles. The minimum atomic E-state index is -0.665. The minimum Gasteiger partial charge on any atom is -0.538 e. The number of aromatic nitrogens is 2. The van der Waals surface area contributed by atoms with Crippen LogP contribution in [0.1, 0.15) is 32.0 Å². The summed E-state index contributed by atoms with van der Waals surface area (Å²) in [6, 6.07) is 17.9. The molecule has 10 nitrogen and oxygen atoms in total. The van der Waals surface area contributed by atoms with Crippen LogP contribution in [0, 0.1) is 6.92 Å². The molecule has 12 heteroatoms. The molecule has 0 spiro atoms. The zero-order valence-corrected chi connectivity index (χ0v) is 21.5. The van der Waals surface area contributed by atoms with Crippen molar-refractivity contribution in [3.05, 3.63) is 76.7 Å². The van der Waals surface area contributed by atoms with Gasteiger partial charge in [0.05, 0.1) is 22.8 Å². The van der Waals surface area contributed by atoms with Crippen LogP contribution in [0.5, 0.6) is 5.95 Å². The van der Waals surface area contributed by atoms with Crippen LogP contribution in [0.4, 0.5) is 10.7 Å². The summed E-state index contributed by atoms with van der Waals surface area (Å²) in [5, 5.41) is 21.8. The van der Waals surface area contributed by atoms with Crippen molar-refractivity contribution in [3.8, 4) is 11.6 Å². The highest BCUT2D eigenvalue weighted by atomic mass is 32.2. The van der Waals surface area contributed by atoms with E-state index < -0.39 is 23.7 Å². The van der Waals surface area contributed by atoms with E-state index >= 15 is 0 Å². The van der Waals surface area contributed by atoms with Gasteiger partial charge in [0.2, 0.25) is 11.6 Å². The quantitative estimate of drug-likeness (QED) is 0.187. The van der Waals surface area contributed by atoms with Crippen molar-refractivity contribution in [2.75, 3.05) is 23.5 Å². The summed E-state index contributed by atoms with van der Waals surface area (Å²) < 4.78 is 11.0. The molecule has 0 fully saturated rings. The number of amides is 2. The Bertz CT molecular complexity index is 1420. The molecule has 0 saturated carbocycles. The second-order valence-electron chi connectivity index (χ2n) is 7.63. The van der Waals surface area contributed by atoms with Gasteiger partial charge in [-0.25, -0.2) is 4.79 Å². The van der Waals surface area contributed by atoms with Gasteiger partial charge >= 0.3 is 5.97 Å². The van der Waals surface area contributed by atoms with Crippen LogP contribution in [0.2, 0.25) is 0 Å². The first-order valence-corrected chi connectivity index (χ1v) is 12.8. The highest BCUT2D eigenvalue weighted by Crippen LogP contribution is 2.34. The van der Waals surface area contributed by atoms with E-state index in [1.54, 1.807) is 55.5 Å². The molecule has 4 rings (SSSR count). The molecule has 0 unspecified atom stereocenters. The van der Waals surface area contributed by atoms with Gasteiger partial charge in [0, 0.05) is 30.0 Å². The van der Waals surface area contributed by atoms with E-state index in [9.17, 15) is 19.5 Å². The van der Waals surface area contributed by atoms with Crippen LogP contribution < -0.4 is 20.4 Å². The molecule has 190 valence electrons. The molecule has 0 saturated heterocycles. The number of thioether (sulfide) groups is 1. The van der Waals surface area contributed by atoms with Crippen LogP contribution in [0.3, 0.4) is 0 Å². The predicted molar refractivity (Wildman–Crippen MR) is 136 cm³/mol. The second-order valence-corrected chi connectivity index (χ2v) is 9.74. The van der Waals surface area contributed by atoms with Crippen LogP contribution in [-0.2, 0) is 9.53 Å². The summed E-state index contributed by atoms with van der Waals surface area (Å²) in [4.78, 5) is 38.3. The third-order valence-electron chi connectivity index (χ3n) is 5.17. The lowest BCUT2D eigenvalue weighted by Crippen LogP contribution is -2.34. The highest BCUT2D eigenvalue weighted by Gasteiger charge is 2.27. The third kappa shape index (κ3) is 5.98. The van der Waals surface area contributed by atoms with Crippen LogP contribution in [-0.4, -0.2) is 35.9 Å². The molecule has 2 aromatic heterocycles. The fraction of sp³-hybridized carbons (Fsp3) is 0.160. The average Bonchev–Trinajstić information content (AvgIpc) is 3.43. The van der Waals surface area contributed by atoms with Crippen LogP contribution in [0.25, 0.3) is 5.69 Å². The van der Waals surface area contributed by atoms with Crippen molar-refractivity contribution in [2.45, 2.75) is 18.4 Å². The van der Waals surface area contributed by atoms with Crippen molar-refractivity contribution in [2.24, 2.45) is 0 Å². The van der Waals surface area contributed by atoms with Crippen molar-refractivity contribution in [1.82, 2.24) is 5.27 Å². The zero-order chi connectivity index (χ0) is 26.4. The molecule has 0 atom stereocenters. The molecule has 4 aromatic rings. The molecule has 2 aromatic carbocycles. The Morgan fingerprint density at radius 3 is 2.43 bits per heavy atom. The lowest BCUT2D eigenvalue weighted by Gasteiger charge is -2.06. The van der Waals surface area contributed by atoms with E-state index in [2.05, 4.69) is 15.9 Å². The van der Waals surface area contributed by atoms with Gasteiger partial charge < -0.3 is 25.0 Å². The molecule has 0 radical (unpaired) electrons. The third-order valence-corrected chi connectivity index (χ3v) is 7.40. The summed E-state index contributed by atoms with van der Waals surface area (Å²) in [6.07, 6.45) is 0.0210. The normalized spacial score (nSPS) is 10.6. The van der Waals surface area contributed by atoms with E-state index in [1.165, 1.54) is 11.8 Å². The number of hydrogen-bond acceptors (Lipinski definition) is 9. The smallest absolute Gasteiger partial charge is 0.341 e. The summed E-state index contributed by atoms with van der Waals surface area (Å²) in [7, 11) is 1.23. The molecule has 0 aliphatic carbocycles. The van der Waals surface area contributed by atoms with Crippen molar-refractivity contribution >= 4 is 51.6 Å². The van der Waals surface area contributed by atoms with Gasteiger partial charge in [-0.2, -0.15) is 0 Å². The fourth-order valence-corrected chi connectivity index (χ4v) is 5.40. The SMILES string of the molecule is COC(=O)c1c(NC(=O)CCSc2c([O-])on[n+]2-c2ccccc2)sc(C(=O)Nc2ccccc2)c1C. The Hall–Kier alpha value is -4.16. The first-order chi connectivity index (χ1) is 17.9. The molecule has 0 bridgehead atoms. The molecular formula is C25H22N4O6S2. The van der Waals surface area contributed by atoms with Crippen molar-refractivity contribution in [3.63, 3.8) is 0 Å². The largest absolute Gasteiger partial charge is 0.538 e. The van der Waals surface area contributed by atoms with E-state index in [0.29, 0.717) is 16.9 Å². The number of esters is 1. The molecule has 0 aliphatic rings. The number of nitrogens with zero attached hydrogens (tertiary/aromatic N) is 2. The van der Waals surface area contributed by atoms with Gasteiger partial charge in [-0.15, -0.1) is 11.3 Å². The maximum Gasteiger partial charge on any atom is 0.341 e. The molecule has 0 aliphatic heterocycles. The number of methoxy groups -OCH3 is 1. The van der Waals surface area contributed by atoms with Gasteiger partial charge in [-0.1, -0.05) is 48.2 Å². The first-order valence-electron chi connectivity index (χ1n) is 11.0. The van der Waals surface area contributed by atoms with Gasteiger partial charge in [-0.3, -0.25) is 9.59 Å². The minimum absolute atomic E-state index is 0.0210. The van der Waals surface area contributed by atoms with Gasteiger partial charge in [0.15, 0.2) is 5.95 Å². The first kappa shape index (κ1) is 25.9. The Balaban J connectivity index is 1.45. The number of ether oxygens (including phenoxy) is 1. The second kappa shape index (κ2) is 11.7. The molecule has 2 N–H and O–H groups in total. The van der Waals surface area contributed by atoms with Crippen molar-refractivity contribution in [1.29, 1.82) is 0 Å². The maximum atomic E-state index is 12.9. The number of benzene rings is 2. The number of carbonyl (C=O) groups is 3. The van der Waals surface area contributed by atoms with Gasteiger partial charge in [-0.05, 0) is 29.3 Å². The number of nitrogens with one attached hydrogen (secondary N) is 2. The lowest BCUT2D eigenvalue weighted by atomic mass is 10.1. The van der Waals surface area contributed by atoms with Crippen LogP contribution in [0.15, 0.2) is 70.2 Å². The topological polar surface area (TPSA) is 137 Å². The number of carbonyl (C=O) groups excluding carboxylic acids is 3. The van der Waals surface area contributed by atoms with Gasteiger partial charge in [0.1, 0.15) is 5.00 Å². The Morgan fingerprint density at radius 1 is 1.08 bits per heavy atom. The number of rotatable bonds is 9. The number of anilines is 2. The van der Waals surface area contributed by atoms with E-state index in [1.807, 2.05) is 12.1 Å². The average molecular weight is 539 g/mol. The Labute approximate surface area is 220 Å². The maximum absolute atomic E-state index is 12.9. The van der Waals surface area contributed by atoms with E-state index in [4.69, 9.17) is 9.26 Å². The molecule has 2 amide bonds. The number of para-hydroxylation sites is 2. The van der Waals surface area contributed by atoms with E-state index in [0.717, 1.165) is 23.1 Å². The number of hydrogen-bond donors (Lipinski definition) is 2. The highest BCUT2D eigenvalue weighted by molar-refractivity contribution is 7.99. The summed E-state index contributed by atoms with van der Waals surface area (Å²) in [5.41, 5.74) is 1.77. The summed E-state index contributed by atoms with van der Waals surface area (Å²) in [5.74, 6) is -1.83. The Kier molecular flexibility index (Phi) is 8.21. The summed E-state index contributed by atoms with van der Waals surface area (Å²) >= 11 is 2.11. The lowest BCUT2D eigenvalue weighted by molar-refractivity contribution is -0.705. The number of thiophene rings is 1. The molecule has 37 heavy (non-hydrogen) atoms. The standard InChI is InChI=1S/C25H22N4O6S2/c1-15-19(24(32)34-2)22(37-20(15)21(31)26-16-9-5-3-6-10-16)27-18(30)13-14-36-23-25(33)35-28-29(23)17-11-7-4-8-12-17/h3-12H,13-14H2,1-2H3,(H2-,26,27,28,30,31,32,33). The predicted octanol–water partition coefficient (Wildman–Crippen LogP) is 3.55. The monoisotopic (exact) mass is 538 g/mol. The fourth-order valence-electron chi connectivity index (χ4n) is 3.40. The van der Waals surface area contributed by atoms with Gasteiger partial charge in [0.25, 0.3) is 10.9 Å². The van der Waals surface area contributed by atoms with E-state index in [-0.39, 0.29) is 32.6 Å².